The standard InChI is InChI=1S/C20H22N4O3/c1-2-15-11-24(9-8-21-15)20(25)18-12-27-19(23-18)13-26-16-5-6-17-14(10-16)4-3-7-22-17/h3-7,10,12,15,21H,2,8-9,11,13H2,1H3. The van der Waals surface area contributed by atoms with Gasteiger partial charge in [0.15, 0.2) is 12.3 Å². The maximum absolute atomic E-state index is 12.6. The Morgan fingerprint density at radius 1 is 1.41 bits per heavy atom. The summed E-state index contributed by atoms with van der Waals surface area (Å²) < 4.78 is 11.2. The van der Waals surface area contributed by atoms with Crippen molar-refractivity contribution < 1.29 is 13.9 Å². The van der Waals surface area contributed by atoms with Crippen LogP contribution in [0, 0.1) is 0 Å². The molecule has 1 aromatic carbocycles. The predicted molar refractivity (Wildman–Crippen MR) is 101 cm³/mol. The van der Waals surface area contributed by atoms with Crippen molar-refractivity contribution in [2.24, 2.45) is 0 Å². The quantitative estimate of drug-likeness (QED) is 0.748. The minimum absolute atomic E-state index is 0.0956. The molecule has 0 bridgehead atoms. The van der Waals surface area contributed by atoms with Gasteiger partial charge in [-0.25, -0.2) is 4.98 Å². The van der Waals surface area contributed by atoms with Crippen LogP contribution < -0.4 is 10.1 Å². The zero-order chi connectivity index (χ0) is 18.6. The van der Waals surface area contributed by atoms with Crippen LogP contribution in [0.5, 0.6) is 5.75 Å². The van der Waals surface area contributed by atoms with Crippen molar-refractivity contribution >= 4 is 16.8 Å². The number of nitrogens with zero attached hydrogens (tertiary/aromatic N) is 3. The Morgan fingerprint density at radius 3 is 3.22 bits per heavy atom. The molecule has 0 radical (unpaired) electrons. The smallest absolute Gasteiger partial charge is 0.275 e. The van der Waals surface area contributed by atoms with Gasteiger partial charge in [0.2, 0.25) is 5.89 Å². The summed E-state index contributed by atoms with van der Waals surface area (Å²) in [4.78, 5) is 23.0. The number of oxazole rings is 1. The molecule has 7 nitrogen and oxygen atoms in total. The number of ether oxygens (including phenoxy) is 1. The average Bonchev–Trinajstić information content (AvgIpc) is 3.20. The summed E-state index contributed by atoms with van der Waals surface area (Å²) in [6.45, 7) is 4.45. The Morgan fingerprint density at radius 2 is 2.33 bits per heavy atom. The Kier molecular flexibility index (Phi) is 5.02. The number of carbonyl (C=O) groups is 1. The van der Waals surface area contributed by atoms with Crippen LogP contribution in [0.25, 0.3) is 10.9 Å². The highest BCUT2D eigenvalue weighted by Gasteiger charge is 2.25. The van der Waals surface area contributed by atoms with E-state index in [-0.39, 0.29) is 12.5 Å². The molecule has 1 aliphatic rings. The maximum Gasteiger partial charge on any atom is 0.275 e. The molecule has 0 saturated carbocycles. The van der Waals surface area contributed by atoms with E-state index in [2.05, 4.69) is 22.2 Å². The highest BCUT2D eigenvalue weighted by molar-refractivity contribution is 5.92. The Balaban J connectivity index is 1.39. The lowest BCUT2D eigenvalue weighted by molar-refractivity contribution is 0.0695. The summed E-state index contributed by atoms with van der Waals surface area (Å²) in [5.41, 5.74) is 1.24. The average molecular weight is 366 g/mol. The van der Waals surface area contributed by atoms with E-state index in [9.17, 15) is 4.79 Å². The molecule has 1 atom stereocenters. The predicted octanol–water partition coefficient (Wildman–Crippen LogP) is 2.63. The molecule has 1 N–H and O–H groups in total. The maximum atomic E-state index is 12.6. The van der Waals surface area contributed by atoms with Gasteiger partial charge in [-0.3, -0.25) is 9.78 Å². The van der Waals surface area contributed by atoms with Crippen LogP contribution in [-0.2, 0) is 6.61 Å². The summed E-state index contributed by atoms with van der Waals surface area (Å²) >= 11 is 0. The lowest BCUT2D eigenvalue weighted by atomic mass is 10.1. The van der Waals surface area contributed by atoms with Crippen LogP contribution in [0.3, 0.4) is 0 Å². The zero-order valence-corrected chi connectivity index (χ0v) is 15.2. The number of aromatic nitrogens is 2. The van der Waals surface area contributed by atoms with Gasteiger partial charge in [0, 0.05) is 37.3 Å². The first-order valence-corrected chi connectivity index (χ1v) is 9.17. The number of hydrogen-bond acceptors (Lipinski definition) is 6. The van der Waals surface area contributed by atoms with E-state index in [1.807, 2.05) is 35.2 Å². The van der Waals surface area contributed by atoms with Gasteiger partial charge >= 0.3 is 0 Å². The molecule has 140 valence electrons. The second kappa shape index (κ2) is 7.75. The first kappa shape index (κ1) is 17.5. The molecule has 3 heterocycles. The van der Waals surface area contributed by atoms with Gasteiger partial charge in [0.05, 0.1) is 5.52 Å². The first-order valence-electron chi connectivity index (χ1n) is 9.17. The number of fused-ring (bicyclic) bond motifs is 1. The highest BCUT2D eigenvalue weighted by Crippen LogP contribution is 2.20. The van der Waals surface area contributed by atoms with E-state index < -0.39 is 0 Å². The van der Waals surface area contributed by atoms with Crippen molar-refractivity contribution in [1.82, 2.24) is 20.2 Å². The topological polar surface area (TPSA) is 80.5 Å². The van der Waals surface area contributed by atoms with Gasteiger partial charge in [-0.1, -0.05) is 13.0 Å². The fourth-order valence-corrected chi connectivity index (χ4v) is 3.21. The fraction of sp³-hybridized carbons (Fsp3) is 0.350. The Labute approximate surface area is 157 Å². The molecular weight excluding hydrogens is 344 g/mol. The second-order valence-corrected chi connectivity index (χ2v) is 6.58. The van der Waals surface area contributed by atoms with Crippen LogP contribution in [0.1, 0.15) is 29.7 Å². The zero-order valence-electron chi connectivity index (χ0n) is 15.2. The summed E-state index contributed by atoms with van der Waals surface area (Å²) in [7, 11) is 0. The summed E-state index contributed by atoms with van der Waals surface area (Å²) in [6, 6.07) is 9.88. The SMILES string of the molecule is CCC1CN(C(=O)c2coc(COc3ccc4ncccc4c3)n2)CCN1. The third-order valence-corrected chi connectivity index (χ3v) is 4.74. The number of rotatable bonds is 5. The molecule has 1 saturated heterocycles. The molecule has 1 unspecified atom stereocenters. The van der Waals surface area contributed by atoms with Crippen molar-refractivity contribution in [3.05, 3.63) is 54.4 Å². The van der Waals surface area contributed by atoms with E-state index in [1.165, 1.54) is 6.26 Å². The van der Waals surface area contributed by atoms with Crippen molar-refractivity contribution in [2.45, 2.75) is 26.0 Å². The number of carbonyl (C=O) groups excluding carboxylic acids is 1. The second-order valence-electron chi connectivity index (χ2n) is 6.58. The third-order valence-electron chi connectivity index (χ3n) is 4.74. The van der Waals surface area contributed by atoms with Gasteiger partial charge in [0.25, 0.3) is 5.91 Å². The van der Waals surface area contributed by atoms with Crippen molar-refractivity contribution in [3.63, 3.8) is 0 Å². The van der Waals surface area contributed by atoms with Gasteiger partial charge in [-0.2, -0.15) is 0 Å². The molecule has 0 aliphatic carbocycles. The normalized spacial score (nSPS) is 17.2. The summed E-state index contributed by atoms with van der Waals surface area (Å²) in [5, 5.41) is 4.40. The fourth-order valence-electron chi connectivity index (χ4n) is 3.21. The van der Waals surface area contributed by atoms with Crippen molar-refractivity contribution in [1.29, 1.82) is 0 Å². The monoisotopic (exact) mass is 366 g/mol. The Hall–Kier alpha value is -2.93. The van der Waals surface area contributed by atoms with Crippen molar-refractivity contribution in [2.75, 3.05) is 19.6 Å². The van der Waals surface area contributed by atoms with Crippen LogP contribution in [-0.4, -0.2) is 46.5 Å². The molecular formula is C20H22N4O3. The van der Waals surface area contributed by atoms with Gasteiger partial charge in [-0.15, -0.1) is 0 Å². The van der Waals surface area contributed by atoms with E-state index in [0.29, 0.717) is 36.5 Å². The van der Waals surface area contributed by atoms with E-state index >= 15 is 0 Å². The van der Waals surface area contributed by atoms with E-state index in [0.717, 1.165) is 23.9 Å². The van der Waals surface area contributed by atoms with E-state index in [4.69, 9.17) is 9.15 Å². The third kappa shape index (κ3) is 3.93. The molecule has 4 rings (SSSR count). The minimum Gasteiger partial charge on any atom is -0.484 e. The largest absolute Gasteiger partial charge is 0.484 e. The molecule has 7 heteroatoms. The minimum atomic E-state index is -0.0956. The number of amides is 1. The van der Waals surface area contributed by atoms with Crippen LogP contribution in [0.2, 0.25) is 0 Å². The molecule has 1 aliphatic heterocycles. The van der Waals surface area contributed by atoms with Crippen LogP contribution in [0.4, 0.5) is 0 Å². The number of piperazine rings is 1. The molecule has 0 spiro atoms. The number of benzene rings is 1. The number of nitrogens with one attached hydrogen (secondary N) is 1. The first-order chi connectivity index (χ1) is 13.2. The Bertz CT molecular complexity index is 940. The highest BCUT2D eigenvalue weighted by atomic mass is 16.5. The lowest BCUT2D eigenvalue weighted by Crippen LogP contribution is -2.52. The number of pyridine rings is 1. The molecule has 2 aromatic heterocycles. The molecule has 27 heavy (non-hydrogen) atoms. The van der Waals surface area contributed by atoms with E-state index in [1.54, 1.807) is 6.20 Å². The lowest BCUT2D eigenvalue weighted by Gasteiger charge is -2.32. The van der Waals surface area contributed by atoms with Gasteiger partial charge in [0.1, 0.15) is 12.0 Å². The number of hydrogen-bond donors (Lipinski definition) is 1. The van der Waals surface area contributed by atoms with Gasteiger partial charge < -0.3 is 19.4 Å². The molecule has 1 amide bonds. The summed E-state index contributed by atoms with van der Waals surface area (Å²) in [5.74, 6) is 0.989. The molecule has 3 aromatic rings. The molecule has 1 fully saturated rings. The van der Waals surface area contributed by atoms with Crippen molar-refractivity contribution in [3.8, 4) is 5.75 Å². The summed E-state index contributed by atoms with van der Waals surface area (Å²) in [6.07, 6.45) is 4.16. The van der Waals surface area contributed by atoms with Gasteiger partial charge in [-0.05, 0) is 30.7 Å². The van der Waals surface area contributed by atoms with Crippen LogP contribution >= 0.6 is 0 Å². The van der Waals surface area contributed by atoms with Crippen LogP contribution in [0.15, 0.2) is 47.2 Å².